The largest absolute Gasteiger partial charge is 0.361 e. The van der Waals surface area contributed by atoms with E-state index in [-0.39, 0.29) is 5.91 Å². The maximum Gasteiger partial charge on any atom is 0.259 e. The van der Waals surface area contributed by atoms with Gasteiger partial charge in [0, 0.05) is 37.9 Å². The number of hydrogen-bond acceptors (Lipinski definition) is 7. The Balaban J connectivity index is 1.48. The van der Waals surface area contributed by atoms with Crippen LogP contribution in [0, 0.1) is 27.7 Å². The van der Waals surface area contributed by atoms with Crippen LogP contribution in [-0.2, 0) is 0 Å². The quantitative estimate of drug-likeness (QED) is 0.683. The molecule has 146 valence electrons. The van der Waals surface area contributed by atoms with E-state index in [1.54, 1.807) is 20.2 Å². The molecule has 3 aromatic rings. The third kappa shape index (κ3) is 3.23. The van der Waals surface area contributed by atoms with Crippen LogP contribution in [0.2, 0.25) is 0 Å². The van der Waals surface area contributed by atoms with Gasteiger partial charge in [-0.1, -0.05) is 5.16 Å². The first kappa shape index (κ1) is 18.1. The second kappa shape index (κ2) is 7.06. The average molecular weight is 381 g/mol. The first-order valence-corrected chi connectivity index (χ1v) is 9.27. The monoisotopic (exact) mass is 381 g/mol. The van der Waals surface area contributed by atoms with Crippen molar-refractivity contribution >= 4 is 11.7 Å². The lowest BCUT2D eigenvalue weighted by atomic mass is 10.1. The van der Waals surface area contributed by atoms with Crippen LogP contribution in [0.15, 0.2) is 23.0 Å². The van der Waals surface area contributed by atoms with Crippen LogP contribution in [0.4, 0.5) is 5.82 Å². The van der Waals surface area contributed by atoms with Crippen molar-refractivity contribution in [3.05, 3.63) is 46.9 Å². The molecule has 4 rings (SSSR count). The van der Waals surface area contributed by atoms with Gasteiger partial charge < -0.3 is 14.3 Å². The summed E-state index contributed by atoms with van der Waals surface area (Å²) in [5, 5.41) is 8.37. The van der Waals surface area contributed by atoms with E-state index in [4.69, 9.17) is 4.52 Å². The molecule has 28 heavy (non-hydrogen) atoms. The number of aromatic nitrogens is 5. The smallest absolute Gasteiger partial charge is 0.259 e. The molecule has 0 aromatic carbocycles. The van der Waals surface area contributed by atoms with Gasteiger partial charge >= 0.3 is 0 Å². The molecule has 0 N–H and O–H groups in total. The van der Waals surface area contributed by atoms with Gasteiger partial charge in [-0.05, 0) is 33.8 Å². The van der Waals surface area contributed by atoms with Crippen LogP contribution in [0.5, 0.6) is 0 Å². The molecule has 1 fully saturated rings. The minimum absolute atomic E-state index is 0.0260. The van der Waals surface area contributed by atoms with Gasteiger partial charge in [0.15, 0.2) is 5.82 Å². The third-order valence-corrected chi connectivity index (χ3v) is 5.00. The molecule has 1 aliphatic rings. The molecule has 0 spiro atoms. The summed E-state index contributed by atoms with van der Waals surface area (Å²) in [5.41, 5.74) is 3.18. The molecule has 0 bridgehead atoms. The highest BCUT2D eigenvalue weighted by atomic mass is 16.5. The van der Waals surface area contributed by atoms with E-state index in [1.807, 2.05) is 35.6 Å². The molecular weight excluding hydrogens is 358 g/mol. The highest BCUT2D eigenvalue weighted by molar-refractivity contribution is 5.96. The molecule has 1 aliphatic heterocycles. The summed E-state index contributed by atoms with van der Waals surface area (Å²) >= 11 is 0. The fraction of sp³-hybridized carbons (Fsp3) is 0.421. The first-order valence-electron chi connectivity index (χ1n) is 9.27. The molecule has 1 amide bonds. The third-order valence-electron chi connectivity index (χ3n) is 5.00. The lowest BCUT2D eigenvalue weighted by Crippen LogP contribution is -2.49. The Morgan fingerprint density at radius 1 is 1.00 bits per heavy atom. The van der Waals surface area contributed by atoms with Gasteiger partial charge in [-0.2, -0.15) is 5.10 Å². The Morgan fingerprint density at radius 2 is 1.71 bits per heavy atom. The fourth-order valence-corrected chi connectivity index (χ4v) is 3.57. The Kier molecular flexibility index (Phi) is 4.58. The summed E-state index contributed by atoms with van der Waals surface area (Å²) in [6.07, 6.45) is 1.56. The number of carbonyl (C=O) groups is 1. The maximum atomic E-state index is 12.8. The molecule has 0 unspecified atom stereocenters. The number of anilines is 1. The van der Waals surface area contributed by atoms with Crippen LogP contribution in [0.1, 0.15) is 33.2 Å². The summed E-state index contributed by atoms with van der Waals surface area (Å²) in [5.74, 6) is 2.11. The zero-order valence-corrected chi connectivity index (χ0v) is 16.5. The van der Waals surface area contributed by atoms with E-state index in [1.165, 1.54) is 0 Å². The summed E-state index contributed by atoms with van der Waals surface area (Å²) in [6.45, 7) is 10.1. The number of piperazine rings is 1. The van der Waals surface area contributed by atoms with E-state index in [0.29, 0.717) is 43.2 Å². The van der Waals surface area contributed by atoms with Crippen molar-refractivity contribution < 1.29 is 9.32 Å². The van der Waals surface area contributed by atoms with Crippen molar-refractivity contribution in [2.24, 2.45) is 0 Å². The molecule has 0 atom stereocenters. The van der Waals surface area contributed by atoms with Crippen LogP contribution < -0.4 is 4.90 Å². The molecule has 9 heteroatoms. The number of carbonyl (C=O) groups excluding carboxylic acids is 1. The van der Waals surface area contributed by atoms with Gasteiger partial charge in [-0.3, -0.25) is 4.79 Å². The number of hydrogen-bond donors (Lipinski definition) is 0. The molecule has 9 nitrogen and oxygen atoms in total. The summed E-state index contributed by atoms with van der Waals surface area (Å²) in [7, 11) is 0. The number of nitrogens with zero attached hydrogens (tertiary/aromatic N) is 7. The van der Waals surface area contributed by atoms with Gasteiger partial charge in [-0.25, -0.2) is 14.6 Å². The zero-order chi connectivity index (χ0) is 19.8. The Labute approximate surface area is 163 Å². The Hall–Kier alpha value is -3.23. The van der Waals surface area contributed by atoms with Crippen molar-refractivity contribution in [1.29, 1.82) is 0 Å². The van der Waals surface area contributed by atoms with E-state index >= 15 is 0 Å². The molecule has 3 aromatic heterocycles. The lowest BCUT2D eigenvalue weighted by Gasteiger charge is -2.35. The number of amides is 1. The fourth-order valence-electron chi connectivity index (χ4n) is 3.57. The SMILES string of the molecule is Cc1cc(C)n(-c2cc(N3CCN(C(=O)c4c(C)noc4C)CC3)ncn2)n1. The van der Waals surface area contributed by atoms with E-state index in [0.717, 1.165) is 23.0 Å². The molecular formula is C19H23N7O2. The Morgan fingerprint density at radius 3 is 2.32 bits per heavy atom. The molecule has 0 radical (unpaired) electrons. The van der Waals surface area contributed by atoms with Crippen LogP contribution in [0.3, 0.4) is 0 Å². The van der Waals surface area contributed by atoms with Crippen molar-refractivity contribution in [2.75, 3.05) is 31.1 Å². The lowest BCUT2D eigenvalue weighted by molar-refractivity contribution is 0.0744. The minimum atomic E-state index is -0.0260. The molecule has 0 aliphatic carbocycles. The minimum Gasteiger partial charge on any atom is -0.361 e. The Bertz CT molecular complexity index is 996. The zero-order valence-electron chi connectivity index (χ0n) is 16.5. The summed E-state index contributed by atoms with van der Waals surface area (Å²) in [4.78, 5) is 25.6. The van der Waals surface area contributed by atoms with Crippen molar-refractivity contribution in [2.45, 2.75) is 27.7 Å². The van der Waals surface area contributed by atoms with E-state index in [9.17, 15) is 4.79 Å². The topological polar surface area (TPSA) is 93.2 Å². The van der Waals surface area contributed by atoms with Gasteiger partial charge in [0.25, 0.3) is 5.91 Å². The van der Waals surface area contributed by atoms with Gasteiger partial charge in [0.2, 0.25) is 0 Å². The number of aryl methyl sites for hydroxylation is 4. The predicted octanol–water partition coefficient (Wildman–Crippen LogP) is 1.85. The number of rotatable bonds is 3. The summed E-state index contributed by atoms with van der Waals surface area (Å²) < 4.78 is 6.95. The second-order valence-corrected chi connectivity index (χ2v) is 7.05. The predicted molar refractivity (Wildman–Crippen MR) is 103 cm³/mol. The molecule has 1 saturated heterocycles. The van der Waals surface area contributed by atoms with Crippen molar-refractivity contribution in [1.82, 2.24) is 29.8 Å². The van der Waals surface area contributed by atoms with Crippen LogP contribution in [-0.4, -0.2) is 61.9 Å². The van der Waals surface area contributed by atoms with Gasteiger partial charge in [0.05, 0.1) is 11.4 Å². The highest BCUT2D eigenvalue weighted by Gasteiger charge is 2.27. The molecule has 4 heterocycles. The standard InChI is InChI=1S/C19H23N7O2/c1-12-9-13(2)26(22-12)17-10-16(20-11-21-17)24-5-7-25(8-6-24)19(27)18-14(3)23-28-15(18)4/h9-11H,5-8H2,1-4H3. The van der Waals surface area contributed by atoms with Crippen molar-refractivity contribution in [3.63, 3.8) is 0 Å². The van der Waals surface area contributed by atoms with Crippen LogP contribution >= 0.6 is 0 Å². The second-order valence-electron chi connectivity index (χ2n) is 7.05. The highest BCUT2D eigenvalue weighted by Crippen LogP contribution is 2.20. The normalized spacial score (nSPS) is 14.6. The average Bonchev–Trinajstić information content (AvgIpc) is 3.21. The maximum absolute atomic E-state index is 12.8. The van der Waals surface area contributed by atoms with Gasteiger partial charge in [0.1, 0.15) is 23.5 Å². The van der Waals surface area contributed by atoms with E-state index < -0.39 is 0 Å². The van der Waals surface area contributed by atoms with Crippen molar-refractivity contribution in [3.8, 4) is 5.82 Å². The van der Waals surface area contributed by atoms with Gasteiger partial charge in [-0.15, -0.1) is 0 Å². The van der Waals surface area contributed by atoms with E-state index in [2.05, 4.69) is 25.1 Å². The van der Waals surface area contributed by atoms with Crippen LogP contribution in [0.25, 0.3) is 5.82 Å². The first-order chi connectivity index (χ1) is 13.4. The molecule has 0 saturated carbocycles. The summed E-state index contributed by atoms with van der Waals surface area (Å²) in [6, 6.07) is 3.95.